The summed E-state index contributed by atoms with van der Waals surface area (Å²) in [7, 11) is 1.61. The quantitative estimate of drug-likeness (QED) is 0.307. The van der Waals surface area contributed by atoms with Gasteiger partial charge in [-0.15, -0.1) is 0 Å². The summed E-state index contributed by atoms with van der Waals surface area (Å²) in [6.07, 6.45) is 5.71. The van der Waals surface area contributed by atoms with Gasteiger partial charge < -0.3 is 15.0 Å². The van der Waals surface area contributed by atoms with Crippen LogP contribution in [-0.4, -0.2) is 35.9 Å². The van der Waals surface area contributed by atoms with Crippen molar-refractivity contribution in [2.75, 3.05) is 7.11 Å². The van der Waals surface area contributed by atoms with E-state index in [1.54, 1.807) is 30.2 Å². The molecule has 0 heterocycles. The molecule has 0 spiro atoms. The number of hydrogen-bond acceptors (Lipinski definition) is 3. The summed E-state index contributed by atoms with van der Waals surface area (Å²) in [5, 5.41) is 4.12. The summed E-state index contributed by atoms with van der Waals surface area (Å²) in [6, 6.07) is 22.0. The number of nitrogens with one attached hydrogen (secondary N) is 1. The lowest BCUT2D eigenvalue weighted by Gasteiger charge is -2.33. The summed E-state index contributed by atoms with van der Waals surface area (Å²) < 4.78 is 5.41. The first kappa shape index (κ1) is 28.0. The van der Waals surface area contributed by atoms with E-state index in [1.165, 1.54) is 6.42 Å². The van der Waals surface area contributed by atoms with Gasteiger partial charge in [-0.25, -0.2) is 0 Å². The first-order valence-electron chi connectivity index (χ1n) is 13.1. The van der Waals surface area contributed by atoms with Crippen LogP contribution in [0.3, 0.4) is 0 Å². The average molecular weight is 554 g/mol. The molecule has 5 nitrogen and oxygen atoms in total. The first-order valence-corrected chi connectivity index (χ1v) is 13.9. The van der Waals surface area contributed by atoms with Gasteiger partial charge in [0.15, 0.2) is 0 Å². The second kappa shape index (κ2) is 13.7. The van der Waals surface area contributed by atoms with E-state index in [0.29, 0.717) is 27.8 Å². The standard InChI is InChI=1S/C31H34Cl2N2O3/c1-38-25-15-8-12-23(18-25)21-35(30(36)20-26-27(32)16-9-17-28(26)33)29(19-22-10-4-2-5-11-22)31(37)34-24-13-6-3-7-14-24/h2,4-5,8-12,15-18,24,29H,3,6-7,13-14,19-21H2,1H3,(H,34,37)/t29-/m1/s1. The summed E-state index contributed by atoms with van der Waals surface area (Å²) >= 11 is 12.9. The van der Waals surface area contributed by atoms with E-state index in [-0.39, 0.29) is 30.8 Å². The van der Waals surface area contributed by atoms with E-state index >= 15 is 0 Å². The number of carbonyl (C=O) groups is 2. The Kier molecular flexibility index (Phi) is 10.1. The average Bonchev–Trinajstić information content (AvgIpc) is 2.94. The molecule has 0 radical (unpaired) electrons. The largest absolute Gasteiger partial charge is 0.497 e. The van der Waals surface area contributed by atoms with E-state index in [9.17, 15) is 9.59 Å². The summed E-state index contributed by atoms with van der Waals surface area (Å²) in [6.45, 7) is 0.244. The molecule has 3 aromatic carbocycles. The molecule has 4 rings (SSSR count). The normalized spacial score (nSPS) is 14.5. The van der Waals surface area contributed by atoms with Crippen molar-refractivity contribution in [1.82, 2.24) is 10.2 Å². The van der Waals surface area contributed by atoms with Gasteiger partial charge in [0.2, 0.25) is 11.8 Å². The van der Waals surface area contributed by atoms with Crippen molar-refractivity contribution < 1.29 is 14.3 Å². The minimum Gasteiger partial charge on any atom is -0.497 e. The molecule has 1 atom stereocenters. The highest BCUT2D eigenvalue weighted by Crippen LogP contribution is 2.27. The molecule has 38 heavy (non-hydrogen) atoms. The summed E-state index contributed by atoms with van der Waals surface area (Å²) in [4.78, 5) is 29.5. The van der Waals surface area contributed by atoms with Gasteiger partial charge in [0.1, 0.15) is 11.8 Å². The molecule has 3 aromatic rings. The lowest BCUT2D eigenvalue weighted by Crippen LogP contribution is -2.53. The van der Waals surface area contributed by atoms with E-state index in [2.05, 4.69) is 5.32 Å². The van der Waals surface area contributed by atoms with Crippen LogP contribution in [0.15, 0.2) is 72.8 Å². The van der Waals surface area contributed by atoms with Gasteiger partial charge in [-0.05, 0) is 53.8 Å². The maximum atomic E-state index is 14.0. The fraction of sp³-hybridized carbons (Fsp3) is 0.355. The highest BCUT2D eigenvalue weighted by Gasteiger charge is 2.32. The molecule has 0 saturated heterocycles. The smallest absolute Gasteiger partial charge is 0.243 e. The number of carbonyl (C=O) groups excluding carboxylic acids is 2. The van der Waals surface area contributed by atoms with Gasteiger partial charge in [-0.3, -0.25) is 9.59 Å². The van der Waals surface area contributed by atoms with Crippen molar-refractivity contribution in [3.8, 4) is 5.75 Å². The molecule has 200 valence electrons. The third-order valence-electron chi connectivity index (χ3n) is 7.10. The fourth-order valence-corrected chi connectivity index (χ4v) is 5.55. The number of ether oxygens (including phenoxy) is 1. The molecule has 0 unspecified atom stereocenters. The number of amides is 2. The molecular formula is C31H34Cl2N2O3. The first-order chi connectivity index (χ1) is 18.4. The molecule has 1 aliphatic rings. The fourth-order valence-electron chi connectivity index (χ4n) is 5.02. The van der Waals surface area contributed by atoms with E-state index in [0.717, 1.165) is 36.8 Å². The molecule has 0 bridgehead atoms. The van der Waals surface area contributed by atoms with Crippen molar-refractivity contribution in [3.63, 3.8) is 0 Å². The van der Waals surface area contributed by atoms with Gasteiger partial charge in [-0.1, -0.05) is 91.0 Å². The molecule has 0 aliphatic heterocycles. The van der Waals surface area contributed by atoms with Crippen LogP contribution in [0.1, 0.15) is 48.8 Å². The minimum absolute atomic E-state index is 0.00945. The van der Waals surface area contributed by atoms with Gasteiger partial charge in [0, 0.05) is 29.1 Å². The Labute approximate surface area is 235 Å². The zero-order valence-electron chi connectivity index (χ0n) is 21.7. The third kappa shape index (κ3) is 7.52. The number of halogens is 2. The van der Waals surface area contributed by atoms with Crippen LogP contribution in [-0.2, 0) is 29.0 Å². The van der Waals surface area contributed by atoms with Crippen LogP contribution in [0.2, 0.25) is 10.0 Å². The van der Waals surface area contributed by atoms with Gasteiger partial charge in [0.25, 0.3) is 0 Å². The van der Waals surface area contributed by atoms with Crippen LogP contribution in [0, 0.1) is 0 Å². The maximum Gasteiger partial charge on any atom is 0.243 e. The predicted molar refractivity (Wildman–Crippen MR) is 153 cm³/mol. The Hall–Kier alpha value is -3.02. The van der Waals surface area contributed by atoms with Crippen LogP contribution in [0.4, 0.5) is 0 Å². The molecule has 1 fully saturated rings. The lowest BCUT2D eigenvalue weighted by atomic mass is 9.94. The maximum absolute atomic E-state index is 14.0. The monoisotopic (exact) mass is 552 g/mol. The molecule has 1 saturated carbocycles. The third-order valence-corrected chi connectivity index (χ3v) is 7.81. The van der Waals surface area contributed by atoms with E-state index in [1.807, 2.05) is 54.6 Å². The topological polar surface area (TPSA) is 58.6 Å². The van der Waals surface area contributed by atoms with Crippen LogP contribution in [0.5, 0.6) is 5.75 Å². The van der Waals surface area contributed by atoms with Crippen molar-refractivity contribution in [3.05, 3.63) is 99.5 Å². The second-order valence-electron chi connectivity index (χ2n) is 9.80. The van der Waals surface area contributed by atoms with Crippen molar-refractivity contribution in [2.45, 2.75) is 63.6 Å². The number of nitrogens with zero attached hydrogens (tertiary/aromatic N) is 1. The van der Waals surface area contributed by atoms with Gasteiger partial charge in [-0.2, -0.15) is 0 Å². The lowest BCUT2D eigenvalue weighted by molar-refractivity contribution is -0.141. The highest BCUT2D eigenvalue weighted by atomic mass is 35.5. The highest BCUT2D eigenvalue weighted by molar-refractivity contribution is 6.36. The predicted octanol–water partition coefficient (Wildman–Crippen LogP) is 6.63. The Morgan fingerprint density at radius 1 is 0.921 bits per heavy atom. The molecular weight excluding hydrogens is 519 g/mol. The zero-order chi connectivity index (χ0) is 26.9. The second-order valence-corrected chi connectivity index (χ2v) is 10.6. The SMILES string of the molecule is COc1cccc(CN(C(=O)Cc2c(Cl)cccc2Cl)[C@H](Cc2ccccc2)C(=O)NC2CCCCC2)c1. The van der Waals surface area contributed by atoms with Crippen LogP contribution in [0.25, 0.3) is 0 Å². The van der Waals surface area contributed by atoms with Crippen molar-refractivity contribution >= 4 is 35.0 Å². The molecule has 2 amide bonds. The molecule has 0 aromatic heterocycles. The van der Waals surface area contributed by atoms with E-state index < -0.39 is 6.04 Å². The van der Waals surface area contributed by atoms with Gasteiger partial charge >= 0.3 is 0 Å². The Morgan fingerprint density at radius 2 is 1.58 bits per heavy atom. The molecule has 1 aliphatic carbocycles. The number of rotatable bonds is 10. The molecule has 7 heteroatoms. The Balaban J connectivity index is 1.69. The van der Waals surface area contributed by atoms with Crippen LogP contribution < -0.4 is 10.1 Å². The number of methoxy groups -OCH3 is 1. The zero-order valence-corrected chi connectivity index (χ0v) is 23.2. The Bertz CT molecular complexity index is 1210. The number of benzene rings is 3. The van der Waals surface area contributed by atoms with Crippen molar-refractivity contribution in [1.29, 1.82) is 0 Å². The summed E-state index contributed by atoms with van der Waals surface area (Å²) in [5.74, 6) is 0.333. The molecule has 1 N–H and O–H groups in total. The van der Waals surface area contributed by atoms with Crippen molar-refractivity contribution in [2.24, 2.45) is 0 Å². The van der Waals surface area contributed by atoms with Gasteiger partial charge in [0.05, 0.1) is 13.5 Å². The summed E-state index contributed by atoms with van der Waals surface area (Å²) in [5.41, 5.74) is 2.41. The van der Waals surface area contributed by atoms with Crippen LogP contribution >= 0.6 is 23.2 Å². The van der Waals surface area contributed by atoms with E-state index in [4.69, 9.17) is 27.9 Å². The minimum atomic E-state index is -0.709. The Morgan fingerprint density at radius 3 is 2.26 bits per heavy atom. The number of hydrogen-bond donors (Lipinski definition) is 1.